The van der Waals surface area contributed by atoms with Crippen molar-refractivity contribution in [2.75, 3.05) is 0 Å². The van der Waals surface area contributed by atoms with Gasteiger partial charge in [0.25, 0.3) is 0 Å². The van der Waals surface area contributed by atoms with Crippen molar-refractivity contribution in [3.63, 3.8) is 0 Å². The van der Waals surface area contributed by atoms with Crippen LogP contribution >= 0.6 is 0 Å². The molecule has 0 aliphatic heterocycles. The number of rotatable bonds is 0. The fourth-order valence-electron chi connectivity index (χ4n) is 2.76. The molecule has 86 valence electrons. The molecule has 1 unspecified atom stereocenters. The van der Waals surface area contributed by atoms with Crippen LogP contribution in [-0.4, -0.2) is 16.9 Å². The molecule has 0 amide bonds. The van der Waals surface area contributed by atoms with E-state index in [4.69, 9.17) is 0 Å². The van der Waals surface area contributed by atoms with Crippen LogP contribution in [-0.2, 0) is 0 Å². The first kappa shape index (κ1) is 11.0. The van der Waals surface area contributed by atoms with E-state index >= 15 is 0 Å². The number of halogens is 3. The third kappa shape index (κ3) is 1.69. The zero-order chi connectivity index (χ0) is 11.1. The predicted octanol–water partition coefficient (Wildman–Crippen LogP) is 3.33. The summed E-state index contributed by atoms with van der Waals surface area (Å²) in [6.07, 6.45) is -0.563. The van der Waals surface area contributed by atoms with Gasteiger partial charge in [-0.05, 0) is 50.5 Å². The average Bonchev–Trinajstić information content (AvgIpc) is 2.17. The molecular formula is C11H15F3O. The van der Waals surface area contributed by atoms with E-state index in [9.17, 15) is 18.3 Å². The van der Waals surface area contributed by atoms with Crippen molar-refractivity contribution in [3.05, 3.63) is 11.1 Å². The first-order valence-corrected chi connectivity index (χ1v) is 5.45. The van der Waals surface area contributed by atoms with Gasteiger partial charge in [0.1, 0.15) is 0 Å². The third-order valence-electron chi connectivity index (χ3n) is 3.57. The number of hydrogen-bond donors (Lipinski definition) is 1. The quantitative estimate of drug-likeness (QED) is 0.621. The van der Waals surface area contributed by atoms with Gasteiger partial charge >= 0.3 is 6.18 Å². The molecule has 0 radical (unpaired) electrons. The second kappa shape index (κ2) is 3.51. The topological polar surface area (TPSA) is 20.2 Å². The molecule has 0 heterocycles. The van der Waals surface area contributed by atoms with Crippen molar-refractivity contribution < 1.29 is 18.3 Å². The van der Waals surface area contributed by atoms with Gasteiger partial charge < -0.3 is 5.11 Å². The minimum atomic E-state index is -4.51. The predicted molar refractivity (Wildman–Crippen MR) is 50.3 cm³/mol. The molecule has 2 aliphatic rings. The summed E-state index contributed by atoms with van der Waals surface area (Å²) in [7, 11) is 0. The maximum atomic E-state index is 12.8. The third-order valence-corrected chi connectivity index (χ3v) is 3.57. The fourth-order valence-corrected chi connectivity index (χ4v) is 2.76. The van der Waals surface area contributed by atoms with Crippen molar-refractivity contribution >= 4 is 0 Å². The van der Waals surface area contributed by atoms with Crippen LogP contribution in [0.15, 0.2) is 11.1 Å². The first-order valence-electron chi connectivity index (χ1n) is 5.45. The maximum absolute atomic E-state index is 12.8. The molecule has 15 heavy (non-hydrogen) atoms. The number of aliphatic hydroxyl groups is 1. The lowest BCUT2D eigenvalue weighted by atomic mass is 9.72. The molecule has 0 saturated carbocycles. The largest absolute Gasteiger partial charge is 0.421 e. The van der Waals surface area contributed by atoms with Crippen LogP contribution < -0.4 is 0 Å². The molecular weight excluding hydrogens is 205 g/mol. The molecule has 0 aromatic rings. The number of allylic oxidation sites excluding steroid dienone is 1. The highest BCUT2D eigenvalue weighted by Crippen LogP contribution is 2.48. The molecule has 0 fully saturated rings. The lowest BCUT2D eigenvalue weighted by Gasteiger charge is -2.40. The normalized spacial score (nSPS) is 32.8. The molecule has 0 spiro atoms. The van der Waals surface area contributed by atoms with Crippen molar-refractivity contribution in [2.24, 2.45) is 0 Å². The van der Waals surface area contributed by atoms with E-state index < -0.39 is 11.8 Å². The Labute approximate surface area is 87.0 Å². The second-order valence-electron chi connectivity index (χ2n) is 4.50. The van der Waals surface area contributed by atoms with Gasteiger partial charge in [-0.25, -0.2) is 0 Å². The van der Waals surface area contributed by atoms with Gasteiger partial charge in [0.05, 0.1) is 0 Å². The van der Waals surface area contributed by atoms with Gasteiger partial charge in [-0.2, -0.15) is 13.2 Å². The zero-order valence-corrected chi connectivity index (χ0v) is 8.53. The lowest BCUT2D eigenvalue weighted by molar-refractivity contribution is -0.249. The monoisotopic (exact) mass is 220 g/mol. The summed E-state index contributed by atoms with van der Waals surface area (Å²) in [4.78, 5) is 0. The Hall–Kier alpha value is -0.510. The molecule has 2 rings (SSSR count). The van der Waals surface area contributed by atoms with E-state index in [2.05, 4.69) is 0 Å². The van der Waals surface area contributed by atoms with E-state index in [0.717, 1.165) is 31.3 Å². The van der Waals surface area contributed by atoms with E-state index in [1.807, 2.05) is 0 Å². The van der Waals surface area contributed by atoms with Gasteiger partial charge in [-0.1, -0.05) is 5.57 Å². The van der Waals surface area contributed by atoms with Crippen molar-refractivity contribution in [1.82, 2.24) is 0 Å². The number of alkyl halides is 3. The van der Waals surface area contributed by atoms with E-state index in [-0.39, 0.29) is 12.0 Å². The SMILES string of the molecule is OC1(C(F)(F)F)CCCC2=C1CCCC2. The first-order chi connectivity index (χ1) is 6.95. The minimum absolute atomic E-state index is 0.157. The Morgan fingerprint density at radius 1 is 1.00 bits per heavy atom. The fraction of sp³-hybridized carbons (Fsp3) is 0.818. The van der Waals surface area contributed by atoms with Gasteiger partial charge in [0.2, 0.25) is 0 Å². The van der Waals surface area contributed by atoms with Crippen LogP contribution in [0.1, 0.15) is 44.9 Å². The smallest absolute Gasteiger partial charge is 0.376 e. The lowest BCUT2D eigenvalue weighted by Crippen LogP contribution is -2.49. The van der Waals surface area contributed by atoms with E-state index in [0.29, 0.717) is 12.8 Å². The minimum Gasteiger partial charge on any atom is -0.376 e. The van der Waals surface area contributed by atoms with Gasteiger partial charge in [0, 0.05) is 0 Å². The molecule has 0 saturated heterocycles. The van der Waals surface area contributed by atoms with Crippen LogP contribution in [0.3, 0.4) is 0 Å². The molecule has 0 aromatic carbocycles. The molecule has 0 aromatic heterocycles. The maximum Gasteiger partial charge on any atom is 0.421 e. The number of hydrogen-bond acceptors (Lipinski definition) is 1. The van der Waals surface area contributed by atoms with Crippen LogP contribution in [0.25, 0.3) is 0 Å². The standard InChI is InChI=1S/C11H15F3O/c12-11(13,14)10(15)7-3-5-8-4-1-2-6-9(8)10/h15H,1-7H2. The molecule has 1 atom stereocenters. The van der Waals surface area contributed by atoms with Crippen molar-refractivity contribution in [3.8, 4) is 0 Å². The van der Waals surface area contributed by atoms with Crippen LogP contribution in [0.4, 0.5) is 13.2 Å². The summed E-state index contributed by atoms with van der Waals surface area (Å²) in [5, 5.41) is 9.82. The Morgan fingerprint density at radius 3 is 2.27 bits per heavy atom. The highest BCUT2D eigenvalue weighted by Gasteiger charge is 2.57. The van der Waals surface area contributed by atoms with Crippen LogP contribution in [0, 0.1) is 0 Å². The average molecular weight is 220 g/mol. The Bertz CT molecular complexity index is 289. The molecule has 0 bridgehead atoms. The van der Waals surface area contributed by atoms with E-state index in [1.165, 1.54) is 0 Å². The van der Waals surface area contributed by atoms with Crippen LogP contribution in [0.2, 0.25) is 0 Å². The highest BCUT2D eigenvalue weighted by atomic mass is 19.4. The van der Waals surface area contributed by atoms with Gasteiger partial charge in [-0.3, -0.25) is 0 Å². The van der Waals surface area contributed by atoms with Gasteiger partial charge in [-0.15, -0.1) is 0 Å². The summed E-state index contributed by atoms with van der Waals surface area (Å²) >= 11 is 0. The van der Waals surface area contributed by atoms with Gasteiger partial charge in [0.15, 0.2) is 5.60 Å². The summed E-state index contributed by atoms with van der Waals surface area (Å²) in [6.45, 7) is 0. The second-order valence-corrected chi connectivity index (χ2v) is 4.50. The van der Waals surface area contributed by atoms with E-state index in [1.54, 1.807) is 0 Å². The summed E-state index contributed by atoms with van der Waals surface area (Å²) < 4.78 is 38.4. The summed E-state index contributed by atoms with van der Waals surface area (Å²) in [5.74, 6) is 0. The Kier molecular flexibility index (Phi) is 2.57. The summed E-state index contributed by atoms with van der Waals surface area (Å²) in [6, 6.07) is 0. The highest BCUT2D eigenvalue weighted by molar-refractivity contribution is 5.30. The Morgan fingerprint density at radius 2 is 1.60 bits per heavy atom. The van der Waals surface area contributed by atoms with Crippen LogP contribution in [0.5, 0.6) is 0 Å². The molecule has 1 nitrogen and oxygen atoms in total. The molecule has 4 heteroatoms. The zero-order valence-electron chi connectivity index (χ0n) is 8.53. The molecule has 2 aliphatic carbocycles. The van der Waals surface area contributed by atoms with Crippen molar-refractivity contribution in [2.45, 2.75) is 56.7 Å². The summed E-state index contributed by atoms with van der Waals surface area (Å²) in [5.41, 5.74) is -1.36. The Balaban J connectivity index is 2.40. The van der Waals surface area contributed by atoms with Crippen molar-refractivity contribution in [1.29, 1.82) is 0 Å². The molecule has 1 N–H and O–H groups in total.